The summed E-state index contributed by atoms with van der Waals surface area (Å²) in [7, 11) is 0. The van der Waals surface area contributed by atoms with Gasteiger partial charge in [0.1, 0.15) is 0 Å². The van der Waals surface area contributed by atoms with Gasteiger partial charge in [0.2, 0.25) is 0 Å². The molecule has 0 aliphatic rings. The van der Waals surface area contributed by atoms with Crippen LogP contribution in [0.2, 0.25) is 0 Å². The highest BCUT2D eigenvalue weighted by molar-refractivity contribution is 7.14. The molecule has 2 aromatic heterocycles. The van der Waals surface area contributed by atoms with Gasteiger partial charge in [-0.05, 0) is 70.8 Å². The second kappa shape index (κ2) is 11.6. The minimum absolute atomic E-state index is 1.22. The van der Waals surface area contributed by atoms with Gasteiger partial charge in [-0.2, -0.15) is 0 Å². The van der Waals surface area contributed by atoms with Gasteiger partial charge in [-0.1, -0.05) is 76.6 Å². The van der Waals surface area contributed by atoms with Crippen LogP contribution in [-0.4, -0.2) is 0 Å². The Morgan fingerprint density at radius 1 is 0.679 bits per heavy atom. The van der Waals surface area contributed by atoms with Gasteiger partial charge in [0.25, 0.3) is 0 Å². The molecule has 28 heavy (non-hydrogen) atoms. The first-order valence-electron chi connectivity index (χ1n) is 11.1. The Hall–Kier alpha value is -1.38. The Balaban J connectivity index is 1.61. The number of hydrogen-bond donors (Lipinski definition) is 0. The van der Waals surface area contributed by atoms with Gasteiger partial charge in [0.05, 0.1) is 0 Å². The largest absolute Gasteiger partial charge is 0.144 e. The third kappa shape index (κ3) is 6.06. The van der Waals surface area contributed by atoms with Crippen molar-refractivity contribution in [2.24, 2.45) is 0 Å². The van der Waals surface area contributed by atoms with E-state index in [4.69, 9.17) is 0 Å². The minimum Gasteiger partial charge on any atom is -0.144 e. The zero-order valence-corrected chi connectivity index (χ0v) is 19.1. The summed E-state index contributed by atoms with van der Waals surface area (Å²) in [5.41, 5.74) is 5.77. The number of thiophene rings is 2. The Labute approximate surface area is 179 Å². The molecule has 1 aromatic carbocycles. The van der Waals surface area contributed by atoms with E-state index in [0.29, 0.717) is 0 Å². The number of rotatable bonds is 12. The van der Waals surface area contributed by atoms with Gasteiger partial charge in [0.15, 0.2) is 0 Å². The van der Waals surface area contributed by atoms with Gasteiger partial charge in [-0.15, -0.1) is 22.7 Å². The van der Waals surface area contributed by atoms with Crippen molar-refractivity contribution < 1.29 is 0 Å². The van der Waals surface area contributed by atoms with E-state index in [9.17, 15) is 0 Å². The average molecular weight is 411 g/mol. The fraction of sp³-hybridized carbons (Fsp3) is 0.462. The van der Waals surface area contributed by atoms with Crippen LogP contribution in [0.15, 0.2) is 47.2 Å². The Kier molecular flexibility index (Phi) is 8.82. The lowest BCUT2D eigenvalue weighted by Gasteiger charge is -2.06. The molecule has 0 radical (unpaired) electrons. The third-order valence-corrected chi connectivity index (χ3v) is 7.48. The molecule has 0 unspecified atom stereocenters. The molecular weight excluding hydrogens is 376 g/mol. The lowest BCUT2D eigenvalue weighted by Crippen LogP contribution is -1.86. The molecule has 0 N–H and O–H groups in total. The van der Waals surface area contributed by atoms with E-state index in [1.165, 1.54) is 96.2 Å². The SMILES string of the molecule is CCCCCCc1csc(-c2ccc(-c3sccc3CCCCCC)cc2)c1. The van der Waals surface area contributed by atoms with E-state index in [1.54, 1.807) is 0 Å². The van der Waals surface area contributed by atoms with Gasteiger partial charge in [-0.3, -0.25) is 0 Å². The van der Waals surface area contributed by atoms with Crippen LogP contribution < -0.4 is 0 Å². The monoisotopic (exact) mass is 410 g/mol. The first-order chi connectivity index (χ1) is 13.8. The van der Waals surface area contributed by atoms with Crippen LogP contribution in [0.25, 0.3) is 20.9 Å². The molecule has 0 spiro atoms. The fourth-order valence-electron chi connectivity index (χ4n) is 3.73. The highest BCUT2D eigenvalue weighted by atomic mass is 32.1. The highest BCUT2D eigenvalue weighted by Gasteiger charge is 2.08. The van der Waals surface area contributed by atoms with E-state index in [2.05, 4.69) is 61.0 Å². The van der Waals surface area contributed by atoms with Crippen LogP contribution in [0.4, 0.5) is 0 Å². The summed E-state index contributed by atoms with van der Waals surface area (Å²) in [5.74, 6) is 0. The van der Waals surface area contributed by atoms with Crippen molar-refractivity contribution >= 4 is 22.7 Å². The van der Waals surface area contributed by atoms with Gasteiger partial charge in [0, 0.05) is 9.75 Å². The Morgan fingerprint density at radius 3 is 2.07 bits per heavy atom. The van der Waals surface area contributed by atoms with E-state index in [-0.39, 0.29) is 0 Å². The number of aryl methyl sites for hydroxylation is 2. The standard InChI is InChI=1S/C26H34S2/c1-3-5-7-9-11-21-19-25(28-20-21)22-13-15-24(16-14-22)26-23(17-18-27-26)12-10-8-6-4-2/h13-20H,3-12H2,1-2H3. The zero-order chi connectivity index (χ0) is 19.6. The van der Waals surface area contributed by atoms with Crippen LogP contribution in [0, 0.1) is 0 Å². The van der Waals surface area contributed by atoms with Crippen molar-refractivity contribution in [3.05, 3.63) is 58.3 Å². The second-order valence-electron chi connectivity index (χ2n) is 7.79. The number of benzene rings is 1. The lowest BCUT2D eigenvalue weighted by molar-refractivity contribution is 0.667. The fourth-order valence-corrected chi connectivity index (χ4v) is 5.65. The van der Waals surface area contributed by atoms with E-state index < -0.39 is 0 Å². The summed E-state index contributed by atoms with van der Waals surface area (Å²) >= 11 is 3.78. The van der Waals surface area contributed by atoms with Crippen LogP contribution in [-0.2, 0) is 12.8 Å². The molecule has 0 atom stereocenters. The van der Waals surface area contributed by atoms with Crippen LogP contribution in [0.1, 0.15) is 76.3 Å². The maximum atomic E-state index is 2.40. The van der Waals surface area contributed by atoms with Gasteiger partial charge < -0.3 is 0 Å². The van der Waals surface area contributed by atoms with Crippen molar-refractivity contribution in [3.8, 4) is 20.9 Å². The van der Waals surface area contributed by atoms with Gasteiger partial charge in [-0.25, -0.2) is 0 Å². The third-order valence-electron chi connectivity index (χ3n) is 5.45. The summed E-state index contributed by atoms with van der Waals surface area (Å²) in [6.07, 6.45) is 13.1. The molecule has 3 rings (SSSR count). The molecule has 0 aliphatic carbocycles. The second-order valence-corrected chi connectivity index (χ2v) is 9.62. The lowest BCUT2D eigenvalue weighted by atomic mass is 10.0. The topological polar surface area (TPSA) is 0 Å². The van der Waals surface area contributed by atoms with Crippen molar-refractivity contribution in [3.63, 3.8) is 0 Å². The van der Waals surface area contributed by atoms with Crippen LogP contribution >= 0.6 is 22.7 Å². The molecule has 3 aromatic rings. The van der Waals surface area contributed by atoms with Crippen molar-refractivity contribution in [2.75, 3.05) is 0 Å². The molecule has 0 amide bonds. The summed E-state index contributed by atoms with van der Waals surface area (Å²) < 4.78 is 0. The highest BCUT2D eigenvalue weighted by Crippen LogP contribution is 2.34. The molecule has 0 aliphatic heterocycles. The first-order valence-corrected chi connectivity index (χ1v) is 12.8. The molecular formula is C26H34S2. The van der Waals surface area contributed by atoms with E-state index in [1.807, 2.05) is 22.7 Å². The van der Waals surface area contributed by atoms with Crippen LogP contribution in [0.5, 0.6) is 0 Å². The maximum Gasteiger partial charge on any atom is 0.0374 e. The molecule has 150 valence electrons. The Bertz CT molecular complexity index is 807. The molecule has 2 heteroatoms. The average Bonchev–Trinajstić information content (AvgIpc) is 3.38. The van der Waals surface area contributed by atoms with Crippen molar-refractivity contribution in [1.82, 2.24) is 0 Å². The van der Waals surface area contributed by atoms with Crippen molar-refractivity contribution in [2.45, 2.75) is 78.1 Å². The quantitative estimate of drug-likeness (QED) is 0.261. The van der Waals surface area contributed by atoms with Gasteiger partial charge >= 0.3 is 0 Å². The zero-order valence-electron chi connectivity index (χ0n) is 17.5. The molecule has 0 fully saturated rings. The smallest absolute Gasteiger partial charge is 0.0374 e. The van der Waals surface area contributed by atoms with Crippen LogP contribution in [0.3, 0.4) is 0 Å². The summed E-state index contributed by atoms with van der Waals surface area (Å²) in [6.45, 7) is 4.55. The summed E-state index contributed by atoms with van der Waals surface area (Å²) in [4.78, 5) is 2.87. The summed E-state index contributed by atoms with van der Waals surface area (Å²) in [6, 6.07) is 14.0. The van der Waals surface area contributed by atoms with Crippen molar-refractivity contribution in [1.29, 1.82) is 0 Å². The summed E-state index contributed by atoms with van der Waals surface area (Å²) in [5, 5.41) is 4.60. The molecule has 0 nitrogen and oxygen atoms in total. The maximum absolute atomic E-state index is 2.40. The van der Waals surface area contributed by atoms with E-state index in [0.717, 1.165) is 0 Å². The molecule has 2 heterocycles. The Morgan fingerprint density at radius 2 is 1.36 bits per heavy atom. The minimum atomic E-state index is 1.22. The molecule has 0 saturated carbocycles. The first kappa shape index (κ1) is 21.3. The number of unbranched alkanes of at least 4 members (excludes halogenated alkanes) is 6. The normalized spacial score (nSPS) is 11.2. The predicted molar refractivity (Wildman–Crippen MR) is 129 cm³/mol. The molecule has 0 bridgehead atoms. The number of hydrogen-bond acceptors (Lipinski definition) is 2. The molecule has 0 saturated heterocycles. The van der Waals surface area contributed by atoms with E-state index >= 15 is 0 Å². The predicted octanol–water partition coefficient (Wildman–Crippen LogP) is 9.39.